The van der Waals surface area contributed by atoms with E-state index in [1.165, 1.54) is 26.7 Å². The molecule has 0 radical (unpaired) electrons. The Bertz CT molecular complexity index is 924. The number of nitrogens with one attached hydrogen (secondary N) is 4. The molecule has 0 aromatic carbocycles. The highest BCUT2D eigenvalue weighted by atomic mass is 33.5. The van der Waals surface area contributed by atoms with Crippen LogP contribution in [-0.2, 0) is 28.7 Å². The molecule has 1 saturated heterocycles. The van der Waals surface area contributed by atoms with Gasteiger partial charge < -0.3 is 26.0 Å². The van der Waals surface area contributed by atoms with Gasteiger partial charge in [-0.3, -0.25) is 19.2 Å². The Morgan fingerprint density at radius 3 is 2.30 bits per heavy atom. The second kappa shape index (κ2) is 15.3. The summed E-state index contributed by atoms with van der Waals surface area (Å²) in [6.45, 7) is 8.66. The molecule has 0 spiro atoms. The summed E-state index contributed by atoms with van der Waals surface area (Å²) >= 11 is 0. The Kier molecular flexibility index (Phi) is 12.9. The van der Waals surface area contributed by atoms with E-state index >= 15 is 0 Å². The van der Waals surface area contributed by atoms with E-state index in [2.05, 4.69) is 21.3 Å². The first-order chi connectivity index (χ1) is 17.5. The summed E-state index contributed by atoms with van der Waals surface area (Å²) in [5.41, 5.74) is -0.0481. The smallest absolute Gasteiger partial charge is 0.329 e. The summed E-state index contributed by atoms with van der Waals surface area (Å²) in [5, 5.41) is 10.7. The van der Waals surface area contributed by atoms with Gasteiger partial charge in [-0.25, -0.2) is 4.79 Å². The second-order valence-corrected chi connectivity index (χ2v) is 13.7. The zero-order chi connectivity index (χ0) is 27.5. The summed E-state index contributed by atoms with van der Waals surface area (Å²) in [4.78, 5) is 65.4. The lowest BCUT2D eigenvalue weighted by Crippen LogP contribution is -2.57. The van der Waals surface area contributed by atoms with E-state index in [0.29, 0.717) is 6.42 Å². The van der Waals surface area contributed by atoms with Crippen LogP contribution >= 0.6 is 31.4 Å². The fourth-order valence-corrected chi connectivity index (χ4v) is 7.28. The van der Waals surface area contributed by atoms with Crippen LogP contribution in [0.25, 0.3) is 0 Å². The van der Waals surface area contributed by atoms with Crippen LogP contribution in [0.2, 0.25) is 0 Å². The highest BCUT2D eigenvalue weighted by Gasteiger charge is 2.33. The van der Waals surface area contributed by atoms with Crippen molar-refractivity contribution in [3.05, 3.63) is 23.9 Å². The molecule has 2 aliphatic heterocycles. The van der Waals surface area contributed by atoms with Gasteiger partial charge in [-0.2, -0.15) is 0 Å². The number of hydrogen-bond donors (Lipinski definition) is 4. The summed E-state index contributed by atoms with van der Waals surface area (Å²) in [6, 6.07) is -2.89. The minimum Gasteiger partial charge on any atom is -0.456 e. The molecule has 0 aromatic rings. The molecular formula is C24H36N4O6S3. The number of ether oxygens (including phenoxy) is 1. The van der Waals surface area contributed by atoms with Gasteiger partial charge in [0, 0.05) is 11.5 Å². The Morgan fingerprint density at radius 1 is 0.946 bits per heavy atom. The van der Waals surface area contributed by atoms with Crippen LogP contribution in [0.5, 0.6) is 0 Å². The molecule has 0 saturated carbocycles. The number of carbonyl (C=O) groups is 5. The van der Waals surface area contributed by atoms with E-state index in [1.54, 1.807) is 51.5 Å². The standard InChI is InChI=1S/C24H36N4O6S3/c1-6-16-21(30)28-20(14(4)5)24(33)34-15-9-7-8-10-35-37-36-12-17(22(31)25-16)26-23(32)19(13(2)3)27-18(29)11-15/h6-7,9,13-15,17,19-20H,8,10-12H2,1-5H3,(H,25,31)(H,26,32)(H,27,29)(H,28,30)/b9-7+,16-6-/t15-,17-,19-,20?/m1/s1. The fourth-order valence-electron chi connectivity index (χ4n) is 3.49. The van der Waals surface area contributed by atoms with E-state index < -0.39 is 53.8 Å². The predicted molar refractivity (Wildman–Crippen MR) is 148 cm³/mol. The van der Waals surface area contributed by atoms with Crippen molar-refractivity contribution in [2.75, 3.05) is 11.5 Å². The summed E-state index contributed by atoms with van der Waals surface area (Å²) < 4.78 is 5.67. The van der Waals surface area contributed by atoms with Crippen LogP contribution in [0.3, 0.4) is 0 Å². The maximum absolute atomic E-state index is 13.2. The molecule has 2 rings (SSSR count). The Hall–Kier alpha value is -2.12. The Balaban J connectivity index is 2.55. The van der Waals surface area contributed by atoms with Gasteiger partial charge in [0.05, 0.1) is 6.42 Å². The van der Waals surface area contributed by atoms with Gasteiger partial charge in [-0.1, -0.05) is 61.4 Å². The molecule has 1 fully saturated rings. The molecule has 2 aliphatic rings. The monoisotopic (exact) mass is 572 g/mol. The number of hydrogen-bond acceptors (Lipinski definition) is 9. The molecule has 13 heteroatoms. The van der Waals surface area contributed by atoms with Crippen molar-refractivity contribution in [1.82, 2.24) is 21.3 Å². The lowest BCUT2D eigenvalue weighted by atomic mass is 10.0. The third-order valence-electron chi connectivity index (χ3n) is 5.60. The number of allylic oxidation sites excluding steroid dienone is 2. The van der Waals surface area contributed by atoms with Crippen molar-refractivity contribution in [3.8, 4) is 0 Å². The van der Waals surface area contributed by atoms with Crippen molar-refractivity contribution in [2.45, 2.75) is 71.7 Å². The lowest BCUT2D eigenvalue weighted by molar-refractivity contribution is -0.153. The molecule has 4 amide bonds. The van der Waals surface area contributed by atoms with E-state index in [0.717, 1.165) is 5.75 Å². The van der Waals surface area contributed by atoms with Crippen molar-refractivity contribution in [2.24, 2.45) is 11.8 Å². The minimum absolute atomic E-state index is 0.0481. The normalized spacial score (nSPS) is 29.5. The van der Waals surface area contributed by atoms with Crippen molar-refractivity contribution < 1.29 is 28.7 Å². The summed E-state index contributed by atoms with van der Waals surface area (Å²) in [5.74, 6) is -2.53. The molecule has 4 atom stereocenters. The van der Waals surface area contributed by atoms with Gasteiger partial charge in [0.15, 0.2) is 0 Å². The molecule has 2 heterocycles. The van der Waals surface area contributed by atoms with E-state index in [1.807, 2.05) is 6.08 Å². The van der Waals surface area contributed by atoms with Gasteiger partial charge in [-0.15, -0.1) is 0 Å². The summed E-state index contributed by atoms with van der Waals surface area (Å²) in [6.07, 6.45) is 4.54. The average Bonchev–Trinajstić information content (AvgIpc) is 2.82. The molecule has 37 heavy (non-hydrogen) atoms. The van der Waals surface area contributed by atoms with Crippen molar-refractivity contribution >= 4 is 61.0 Å². The van der Waals surface area contributed by atoms with Crippen molar-refractivity contribution in [3.63, 3.8) is 0 Å². The number of amides is 4. The maximum Gasteiger partial charge on any atom is 0.329 e. The zero-order valence-corrected chi connectivity index (χ0v) is 24.1. The molecular weight excluding hydrogens is 536 g/mol. The van der Waals surface area contributed by atoms with Crippen LogP contribution in [0.4, 0.5) is 0 Å². The van der Waals surface area contributed by atoms with Crippen molar-refractivity contribution in [1.29, 1.82) is 0 Å². The van der Waals surface area contributed by atoms with E-state index in [4.69, 9.17) is 4.74 Å². The number of esters is 1. The second-order valence-electron chi connectivity index (χ2n) is 9.31. The predicted octanol–water partition coefficient (Wildman–Crippen LogP) is 2.08. The largest absolute Gasteiger partial charge is 0.456 e. The van der Waals surface area contributed by atoms with Gasteiger partial charge in [0.2, 0.25) is 17.7 Å². The molecule has 206 valence electrons. The van der Waals surface area contributed by atoms with Gasteiger partial charge in [-0.05, 0) is 41.1 Å². The van der Waals surface area contributed by atoms with Gasteiger partial charge in [0.25, 0.3) is 5.91 Å². The minimum atomic E-state index is -1.01. The highest BCUT2D eigenvalue weighted by Crippen LogP contribution is 2.35. The van der Waals surface area contributed by atoms with Crippen LogP contribution < -0.4 is 21.3 Å². The molecule has 4 N–H and O–H groups in total. The Labute approximate surface area is 229 Å². The Morgan fingerprint density at radius 2 is 1.65 bits per heavy atom. The topological polar surface area (TPSA) is 143 Å². The van der Waals surface area contributed by atoms with Gasteiger partial charge >= 0.3 is 5.97 Å². The first-order valence-electron chi connectivity index (χ1n) is 12.2. The molecule has 0 aromatic heterocycles. The SMILES string of the molecule is C/C=C1\NC(=O)[C@H]2CSSSCC/C=C/[C@H](CC(=O)N[C@H](C(C)C)C(=O)N2)OC(=O)C(C(C)C)NC1=O. The number of fused-ring (bicyclic) bond motifs is 7. The maximum atomic E-state index is 13.2. The first kappa shape index (κ1) is 31.1. The number of carbonyl (C=O) groups excluding carboxylic acids is 5. The van der Waals surface area contributed by atoms with Crippen LogP contribution in [0.15, 0.2) is 23.9 Å². The zero-order valence-electron chi connectivity index (χ0n) is 21.7. The van der Waals surface area contributed by atoms with Crippen LogP contribution in [-0.4, -0.2) is 65.3 Å². The third kappa shape index (κ3) is 9.93. The first-order valence-corrected chi connectivity index (χ1v) is 16.0. The third-order valence-corrected chi connectivity index (χ3v) is 9.88. The van der Waals surface area contributed by atoms with Gasteiger partial charge in [0.1, 0.15) is 29.9 Å². The molecule has 1 unspecified atom stereocenters. The average molecular weight is 573 g/mol. The molecule has 0 aliphatic carbocycles. The quantitative estimate of drug-likeness (QED) is 0.169. The summed E-state index contributed by atoms with van der Waals surface area (Å²) in [7, 11) is 4.49. The fraction of sp³-hybridized carbons (Fsp3) is 0.625. The lowest BCUT2D eigenvalue weighted by Gasteiger charge is -2.28. The molecule has 2 bridgehead atoms. The van der Waals surface area contributed by atoms with E-state index in [9.17, 15) is 24.0 Å². The van der Waals surface area contributed by atoms with Crippen LogP contribution in [0, 0.1) is 11.8 Å². The molecule has 10 nitrogen and oxygen atoms in total. The van der Waals surface area contributed by atoms with Crippen LogP contribution in [0.1, 0.15) is 47.5 Å². The number of rotatable bonds is 2. The van der Waals surface area contributed by atoms with E-state index in [-0.39, 0.29) is 29.7 Å². The highest BCUT2D eigenvalue weighted by molar-refractivity contribution is 9.09.